The summed E-state index contributed by atoms with van der Waals surface area (Å²) in [7, 11) is -3.68. The first-order valence-corrected chi connectivity index (χ1v) is 13.3. The van der Waals surface area contributed by atoms with Gasteiger partial charge in [0.15, 0.2) is 0 Å². The van der Waals surface area contributed by atoms with Gasteiger partial charge in [0.05, 0.1) is 23.8 Å². The highest BCUT2D eigenvalue weighted by Gasteiger charge is 2.34. The molecule has 0 saturated carbocycles. The highest BCUT2D eigenvalue weighted by atomic mass is 32.2. The minimum atomic E-state index is -3.68. The number of morpholine rings is 1. The molecule has 0 radical (unpaired) electrons. The highest BCUT2D eigenvalue weighted by molar-refractivity contribution is 7.89. The van der Waals surface area contributed by atoms with E-state index in [0.717, 1.165) is 28.3 Å². The van der Waals surface area contributed by atoms with Gasteiger partial charge in [0.2, 0.25) is 10.0 Å². The average molecular weight is 492 g/mol. The van der Waals surface area contributed by atoms with E-state index in [4.69, 9.17) is 4.74 Å². The number of carbonyl (C=O) groups excluding carboxylic acids is 1. The lowest BCUT2D eigenvalue weighted by atomic mass is 10.0. The molecule has 0 bridgehead atoms. The Morgan fingerprint density at radius 1 is 1.00 bits per heavy atom. The van der Waals surface area contributed by atoms with Crippen LogP contribution in [-0.4, -0.2) is 56.0 Å². The number of likely N-dealkylation sites (N-methyl/N-ethyl adjacent to an activating group) is 1. The number of amides is 1. The van der Waals surface area contributed by atoms with E-state index >= 15 is 0 Å². The number of para-hydroxylation sites is 1. The molecular formula is C27H29N3O4S. The van der Waals surface area contributed by atoms with Crippen molar-refractivity contribution in [2.45, 2.75) is 25.7 Å². The quantitative estimate of drug-likeness (QED) is 0.506. The SMILES string of the molecule is CCN1C(=O)/C(=C\c2cc(C)n(-c3ccccc3)c2C)c2cc(S(=O)(=O)N3CCOCC3)ccc21. The number of rotatable bonds is 5. The van der Waals surface area contributed by atoms with Crippen molar-refractivity contribution in [3.8, 4) is 5.69 Å². The van der Waals surface area contributed by atoms with Crippen molar-refractivity contribution in [3.63, 3.8) is 0 Å². The maximum absolute atomic E-state index is 13.4. The van der Waals surface area contributed by atoms with Crippen LogP contribution in [0, 0.1) is 13.8 Å². The smallest absolute Gasteiger partial charge is 0.258 e. The van der Waals surface area contributed by atoms with E-state index in [1.165, 1.54) is 4.31 Å². The summed E-state index contributed by atoms with van der Waals surface area (Å²) in [6.07, 6.45) is 1.89. The van der Waals surface area contributed by atoms with Gasteiger partial charge in [-0.05, 0) is 68.8 Å². The number of hydrogen-bond donors (Lipinski definition) is 0. The number of anilines is 1. The fourth-order valence-corrected chi connectivity index (χ4v) is 6.38. The lowest BCUT2D eigenvalue weighted by molar-refractivity contribution is -0.112. The number of hydrogen-bond acceptors (Lipinski definition) is 4. The first-order chi connectivity index (χ1) is 16.8. The Balaban J connectivity index is 1.61. The molecular weight excluding hydrogens is 462 g/mol. The highest BCUT2D eigenvalue weighted by Crippen LogP contribution is 2.40. The number of ether oxygens (including phenoxy) is 1. The molecule has 2 aromatic carbocycles. The largest absolute Gasteiger partial charge is 0.379 e. The van der Waals surface area contributed by atoms with E-state index in [0.29, 0.717) is 44.0 Å². The van der Waals surface area contributed by atoms with Gasteiger partial charge in [0.25, 0.3) is 5.91 Å². The van der Waals surface area contributed by atoms with E-state index in [2.05, 4.69) is 22.8 Å². The summed E-state index contributed by atoms with van der Waals surface area (Å²) >= 11 is 0. The lowest BCUT2D eigenvalue weighted by Gasteiger charge is -2.26. The van der Waals surface area contributed by atoms with Crippen molar-refractivity contribution < 1.29 is 17.9 Å². The molecule has 5 rings (SSSR count). The van der Waals surface area contributed by atoms with E-state index in [1.807, 2.05) is 45.0 Å². The molecule has 0 atom stereocenters. The fourth-order valence-electron chi connectivity index (χ4n) is 4.95. The van der Waals surface area contributed by atoms with Gasteiger partial charge in [0.1, 0.15) is 0 Å². The zero-order valence-electron chi connectivity index (χ0n) is 20.2. The average Bonchev–Trinajstić information content (AvgIpc) is 3.31. The number of benzene rings is 2. The Labute approximate surface area is 206 Å². The van der Waals surface area contributed by atoms with Gasteiger partial charge >= 0.3 is 0 Å². The third-order valence-electron chi connectivity index (χ3n) is 6.73. The summed E-state index contributed by atoms with van der Waals surface area (Å²) in [5, 5.41) is 0. The van der Waals surface area contributed by atoms with Crippen molar-refractivity contribution in [2.75, 3.05) is 37.7 Å². The summed E-state index contributed by atoms with van der Waals surface area (Å²) in [5.74, 6) is -0.118. The van der Waals surface area contributed by atoms with Crippen LogP contribution in [-0.2, 0) is 19.6 Å². The molecule has 1 amide bonds. The maximum atomic E-state index is 13.4. The molecule has 182 valence electrons. The van der Waals surface area contributed by atoms with Gasteiger partial charge in [-0.1, -0.05) is 18.2 Å². The topological polar surface area (TPSA) is 71.9 Å². The molecule has 3 aromatic rings. The number of carbonyl (C=O) groups is 1. The number of aryl methyl sites for hydroxylation is 1. The summed E-state index contributed by atoms with van der Waals surface area (Å²) in [6, 6.07) is 17.1. The molecule has 1 fully saturated rings. The Morgan fingerprint density at radius 2 is 1.71 bits per heavy atom. The molecule has 2 aliphatic heterocycles. The van der Waals surface area contributed by atoms with Crippen LogP contribution < -0.4 is 4.90 Å². The monoisotopic (exact) mass is 491 g/mol. The van der Waals surface area contributed by atoms with Crippen molar-refractivity contribution in [1.29, 1.82) is 0 Å². The Hall–Kier alpha value is -3.20. The number of aromatic nitrogens is 1. The molecule has 2 aliphatic rings. The molecule has 35 heavy (non-hydrogen) atoms. The second kappa shape index (κ2) is 9.11. The molecule has 7 nitrogen and oxygen atoms in total. The summed E-state index contributed by atoms with van der Waals surface area (Å²) in [5.41, 5.74) is 5.95. The molecule has 3 heterocycles. The van der Waals surface area contributed by atoms with Crippen molar-refractivity contribution in [3.05, 3.63) is 77.1 Å². The zero-order chi connectivity index (χ0) is 24.7. The Bertz CT molecular complexity index is 1420. The van der Waals surface area contributed by atoms with Crippen LogP contribution in [0.3, 0.4) is 0 Å². The van der Waals surface area contributed by atoms with Gasteiger partial charge < -0.3 is 14.2 Å². The number of fused-ring (bicyclic) bond motifs is 1. The van der Waals surface area contributed by atoms with Crippen LogP contribution in [0.1, 0.15) is 29.4 Å². The summed E-state index contributed by atoms with van der Waals surface area (Å²) in [6.45, 7) is 7.91. The zero-order valence-corrected chi connectivity index (χ0v) is 21.0. The normalized spacial score (nSPS) is 17.9. The first-order valence-electron chi connectivity index (χ1n) is 11.8. The molecule has 0 spiro atoms. The fraction of sp³-hybridized carbons (Fsp3) is 0.296. The van der Waals surface area contributed by atoms with Crippen LogP contribution in [0.25, 0.3) is 17.3 Å². The summed E-state index contributed by atoms with van der Waals surface area (Å²) in [4.78, 5) is 15.3. The number of sulfonamides is 1. The molecule has 8 heteroatoms. The van der Waals surface area contributed by atoms with Gasteiger partial charge in [-0.3, -0.25) is 4.79 Å². The van der Waals surface area contributed by atoms with Crippen molar-refractivity contribution in [2.24, 2.45) is 0 Å². The molecule has 0 N–H and O–H groups in total. The van der Waals surface area contributed by atoms with E-state index < -0.39 is 10.0 Å². The van der Waals surface area contributed by atoms with Gasteiger partial charge in [-0.25, -0.2) is 8.42 Å². The minimum absolute atomic E-state index is 0.118. The van der Waals surface area contributed by atoms with E-state index in [-0.39, 0.29) is 10.8 Å². The predicted molar refractivity (Wildman–Crippen MR) is 137 cm³/mol. The van der Waals surface area contributed by atoms with Crippen LogP contribution in [0.5, 0.6) is 0 Å². The minimum Gasteiger partial charge on any atom is -0.379 e. The van der Waals surface area contributed by atoms with E-state index in [1.54, 1.807) is 23.1 Å². The van der Waals surface area contributed by atoms with Crippen LogP contribution >= 0.6 is 0 Å². The number of nitrogens with zero attached hydrogens (tertiary/aromatic N) is 3. The second-order valence-electron chi connectivity index (χ2n) is 8.80. The Kier molecular flexibility index (Phi) is 6.13. The van der Waals surface area contributed by atoms with Crippen LogP contribution in [0.4, 0.5) is 5.69 Å². The van der Waals surface area contributed by atoms with Gasteiger partial charge in [-0.15, -0.1) is 0 Å². The third kappa shape index (κ3) is 4.01. The first kappa shape index (κ1) is 23.5. The van der Waals surface area contributed by atoms with Crippen LogP contribution in [0.15, 0.2) is 59.5 Å². The van der Waals surface area contributed by atoms with Crippen molar-refractivity contribution in [1.82, 2.24) is 8.87 Å². The molecule has 1 saturated heterocycles. The predicted octanol–water partition coefficient (Wildman–Crippen LogP) is 4.02. The maximum Gasteiger partial charge on any atom is 0.258 e. The van der Waals surface area contributed by atoms with Crippen molar-refractivity contribution >= 4 is 33.3 Å². The second-order valence-corrected chi connectivity index (χ2v) is 10.7. The Morgan fingerprint density at radius 3 is 2.40 bits per heavy atom. The van der Waals surface area contributed by atoms with E-state index in [9.17, 15) is 13.2 Å². The van der Waals surface area contributed by atoms with Gasteiger partial charge in [-0.2, -0.15) is 4.31 Å². The molecule has 0 unspecified atom stereocenters. The van der Waals surface area contributed by atoms with Gasteiger partial charge in [0, 0.05) is 47.8 Å². The molecule has 0 aliphatic carbocycles. The lowest BCUT2D eigenvalue weighted by Crippen LogP contribution is -2.40. The molecule has 1 aromatic heterocycles. The third-order valence-corrected chi connectivity index (χ3v) is 8.63. The van der Waals surface area contributed by atoms with Crippen LogP contribution in [0.2, 0.25) is 0 Å². The standard InChI is InChI=1S/C27H29N3O4S/c1-4-29-26-11-10-23(35(32,33)28-12-14-34-15-13-28)18-24(26)25(27(29)31)17-21-16-19(2)30(20(21)3)22-8-6-5-7-9-22/h5-11,16-18H,4,12-15H2,1-3H3/b25-17-. The summed E-state index contributed by atoms with van der Waals surface area (Å²) < 4.78 is 35.5.